The molecule has 1 aliphatic heterocycles. The van der Waals surface area contributed by atoms with Crippen LogP contribution in [0.5, 0.6) is 0 Å². The van der Waals surface area contributed by atoms with Gasteiger partial charge in [0.05, 0.1) is 22.6 Å². The van der Waals surface area contributed by atoms with Crippen LogP contribution in [-0.4, -0.2) is 29.0 Å². The highest BCUT2D eigenvalue weighted by atomic mass is 19.4. The van der Waals surface area contributed by atoms with Crippen LogP contribution in [0.4, 0.5) is 24.7 Å². The van der Waals surface area contributed by atoms with E-state index in [1.165, 1.54) is 24.5 Å². The first kappa shape index (κ1) is 20.2. The monoisotopic (exact) mass is 418 g/mol. The van der Waals surface area contributed by atoms with Gasteiger partial charge >= 0.3 is 6.18 Å². The van der Waals surface area contributed by atoms with Crippen molar-refractivity contribution in [3.05, 3.63) is 47.5 Å². The van der Waals surface area contributed by atoms with Crippen LogP contribution in [0, 0.1) is 19.8 Å². The lowest BCUT2D eigenvalue weighted by atomic mass is 9.96. The number of hydrogen-bond donors (Lipinski definition) is 1. The summed E-state index contributed by atoms with van der Waals surface area (Å²) in [5.41, 5.74) is 0.345. The number of furan rings is 1. The van der Waals surface area contributed by atoms with Crippen LogP contribution < -0.4 is 10.2 Å². The first-order chi connectivity index (χ1) is 14.3. The maximum Gasteiger partial charge on any atom is 0.418 e. The fourth-order valence-electron chi connectivity index (χ4n) is 3.86. The summed E-state index contributed by atoms with van der Waals surface area (Å²) in [6, 6.07) is 5.01. The summed E-state index contributed by atoms with van der Waals surface area (Å²) in [5.74, 6) is 0.546. The smallest absolute Gasteiger partial charge is 0.418 e. The van der Waals surface area contributed by atoms with Crippen molar-refractivity contribution in [1.29, 1.82) is 0 Å². The number of para-hydroxylation sites is 1. The molecule has 0 bridgehead atoms. The lowest BCUT2D eigenvalue weighted by molar-refractivity contribution is -0.137. The highest BCUT2D eigenvalue weighted by Crippen LogP contribution is 2.36. The molecule has 3 heterocycles. The summed E-state index contributed by atoms with van der Waals surface area (Å²) in [6.45, 7) is 4.83. The number of rotatable bonds is 3. The van der Waals surface area contributed by atoms with E-state index in [4.69, 9.17) is 4.42 Å². The quantitative estimate of drug-likeness (QED) is 0.667. The molecule has 1 amide bonds. The van der Waals surface area contributed by atoms with Crippen molar-refractivity contribution in [2.75, 3.05) is 23.3 Å². The molecule has 1 aromatic carbocycles. The van der Waals surface area contributed by atoms with Gasteiger partial charge in [-0.2, -0.15) is 13.2 Å². The van der Waals surface area contributed by atoms with Crippen molar-refractivity contribution >= 4 is 28.5 Å². The third-order valence-corrected chi connectivity index (χ3v) is 5.53. The summed E-state index contributed by atoms with van der Waals surface area (Å²) in [4.78, 5) is 23.4. The van der Waals surface area contributed by atoms with E-state index in [0.29, 0.717) is 31.0 Å². The Hall–Kier alpha value is -3.10. The summed E-state index contributed by atoms with van der Waals surface area (Å²) in [5, 5.41) is 3.28. The minimum Gasteiger partial charge on any atom is -0.443 e. The average Bonchev–Trinajstić information content (AvgIpc) is 3.01. The highest BCUT2D eigenvalue weighted by molar-refractivity contribution is 5.94. The molecule has 158 valence electrons. The Labute approximate surface area is 171 Å². The fraction of sp³-hybridized carbons (Fsp3) is 0.381. The van der Waals surface area contributed by atoms with Gasteiger partial charge < -0.3 is 14.6 Å². The van der Waals surface area contributed by atoms with Crippen LogP contribution in [0.3, 0.4) is 0 Å². The van der Waals surface area contributed by atoms with Crippen molar-refractivity contribution in [3.63, 3.8) is 0 Å². The molecule has 0 radical (unpaired) electrons. The number of benzene rings is 1. The van der Waals surface area contributed by atoms with Gasteiger partial charge in [0.25, 0.3) is 0 Å². The van der Waals surface area contributed by atoms with Gasteiger partial charge in [-0.05, 0) is 38.8 Å². The number of carbonyl (C=O) groups is 1. The van der Waals surface area contributed by atoms with Crippen molar-refractivity contribution in [2.24, 2.45) is 5.92 Å². The maximum atomic E-state index is 13.2. The Morgan fingerprint density at radius 2 is 2.00 bits per heavy atom. The van der Waals surface area contributed by atoms with Crippen LogP contribution in [0.25, 0.3) is 11.1 Å². The van der Waals surface area contributed by atoms with Crippen LogP contribution in [0.2, 0.25) is 0 Å². The van der Waals surface area contributed by atoms with E-state index in [-0.39, 0.29) is 5.69 Å². The molecule has 6 nitrogen and oxygen atoms in total. The zero-order valence-corrected chi connectivity index (χ0v) is 16.6. The van der Waals surface area contributed by atoms with Crippen LogP contribution in [0.15, 0.2) is 35.0 Å². The summed E-state index contributed by atoms with van der Waals surface area (Å²) >= 11 is 0. The Morgan fingerprint density at radius 1 is 1.23 bits per heavy atom. The number of aromatic nitrogens is 2. The fourth-order valence-corrected chi connectivity index (χ4v) is 3.86. The van der Waals surface area contributed by atoms with Gasteiger partial charge in [-0.15, -0.1) is 0 Å². The van der Waals surface area contributed by atoms with Gasteiger partial charge in [-0.1, -0.05) is 12.1 Å². The number of nitrogens with zero attached hydrogens (tertiary/aromatic N) is 3. The number of amides is 1. The number of hydrogen-bond acceptors (Lipinski definition) is 5. The first-order valence-corrected chi connectivity index (χ1v) is 9.68. The Kier molecular flexibility index (Phi) is 5.13. The predicted octanol–water partition coefficient (Wildman–Crippen LogP) is 4.71. The number of anilines is 2. The number of carbonyl (C=O) groups excluding carboxylic acids is 1. The third kappa shape index (κ3) is 3.71. The zero-order valence-electron chi connectivity index (χ0n) is 16.6. The van der Waals surface area contributed by atoms with Crippen molar-refractivity contribution in [3.8, 4) is 0 Å². The number of alkyl halides is 3. The zero-order chi connectivity index (χ0) is 21.5. The van der Waals surface area contributed by atoms with Crippen LogP contribution in [-0.2, 0) is 11.0 Å². The second kappa shape index (κ2) is 7.62. The first-order valence-electron chi connectivity index (χ1n) is 9.68. The van der Waals surface area contributed by atoms with Gasteiger partial charge in [0.2, 0.25) is 11.6 Å². The minimum atomic E-state index is -4.54. The van der Waals surface area contributed by atoms with E-state index >= 15 is 0 Å². The van der Waals surface area contributed by atoms with E-state index in [1.807, 2.05) is 18.7 Å². The Bertz CT molecular complexity index is 1090. The molecular formula is C21H21F3N4O2. The van der Waals surface area contributed by atoms with E-state index in [9.17, 15) is 18.0 Å². The largest absolute Gasteiger partial charge is 0.443 e. The second-order valence-corrected chi connectivity index (χ2v) is 7.48. The van der Waals surface area contributed by atoms with Gasteiger partial charge in [0.15, 0.2) is 0 Å². The van der Waals surface area contributed by atoms with E-state index < -0.39 is 23.6 Å². The molecule has 30 heavy (non-hydrogen) atoms. The molecule has 1 atom stereocenters. The van der Waals surface area contributed by atoms with Crippen LogP contribution >= 0.6 is 0 Å². The number of aryl methyl sites for hydroxylation is 2. The van der Waals surface area contributed by atoms with Gasteiger partial charge in [-0.3, -0.25) is 4.79 Å². The standard InChI is InChI=1S/C21H21F3N4O2/c1-12-13(2)30-20-17(12)18(25-11-26-20)28-9-5-6-14(10-28)19(29)27-16-8-4-3-7-15(16)21(22,23)24/h3-4,7-8,11,14H,5-6,9-10H2,1-2H3,(H,27,29). The van der Waals surface area contributed by atoms with Crippen molar-refractivity contribution in [1.82, 2.24) is 9.97 Å². The number of piperidine rings is 1. The molecule has 1 unspecified atom stereocenters. The highest BCUT2D eigenvalue weighted by Gasteiger charge is 2.35. The van der Waals surface area contributed by atoms with Crippen LogP contribution in [0.1, 0.15) is 29.7 Å². The van der Waals surface area contributed by atoms with Crippen molar-refractivity contribution in [2.45, 2.75) is 32.9 Å². The molecule has 0 aliphatic carbocycles. The average molecular weight is 418 g/mol. The van der Waals surface area contributed by atoms with Crippen molar-refractivity contribution < 1.29 is 22.4 Å². The molecule has 1 N–H and O–H groups in total. The second-order valence-electron chi connectivity index (χ2n) is 7.48. The molecule has 4 rings (SSSR count). The number of nitrogens with one attached hydrogen (secondary N) is 1. The molecule has 1 saturated heterocycles. The van der Waals surface area contributed by atoms with E-state index in [0.717, 1.165) is 29.2 Å². The summed E-state index contributed by atoms with van der Waals surface area (Å²) in [7, 11) is 0. The molecule has 9 heteroatoms. The summed E-state index contributed by atoms with van der Waals surface area (Å²) < 4.78 is 45.4. The van der Waals surface area contributed by atoms with E-state index in [1.54, 1.807) is 0 Å². The lowest BCUT2D eigenvalue weighted by Crippen LogP contribution is -2.41. The van der Waals surface area contributed by atoms with Gasteiger partial charge in [0, 0.05) is 18.7 Å². The predicted molar refractivity (Wildman–Crippen MR) is 106 cm³/mol. The maximum absolute atomic E-state index is 13.2. The van der Waals surface area contributed by atoms with E-state index in [2.05, 4.69) is 15.3 Å². The SMILES string of the molecule is Cc1oc2ncnc(N3CCCC(C(=O)Nc4ccccc4C(F)(F)F)C3)c2c1C. The topological polar surface area (TPSA) is 71.3 Å². The molecule has 0 spiro atoms. The molecule has 1 aliphatic rings. The normalized spacial score (nSPS) is 17.4. The lowest BCUT2D eigenvalue weighted by Gasteiger charge is -2.33. The van der Waals surface area contributed by atoms with Gasteiger partial charge in [-0.25, -0.2) is 9.97 Å². The minimum absolute atomic E-state index is 0.224. The molecular weight excluding hydrogens is 397 g/mol. The number of halogens is 3. The Morgan fingerprint density at radius 3 is 2.77 bits per heavy atom. The molecule has 0 saturated carbocycles. The molecule has 2 aromatic heterocycles. The third-order valence-electron chi connectivity index (χ3n) is 5.53. The molecule has 1 fully saturated rings. The number of fused-ring (bicyclic) bond motifs is 1. The molecule has 3 aromatic rings. The Balaban J connectivity index is 1.57. The van der Waals surface area contributed by atoms with Gasteiger partial charge in [0.1, 0.15) is 17.9 Å². The summed E-state index contributed by atoms with van der Waals surface area (Å²) in [6.07, 6.45) is -1.80.